The van der Waals surface area contributed by atoms with Crippen molar-refractivity contribution in [3.63, 3.8) is 0 Å². The fourth-order valence-corrected chi connectivity index (χ4v) is 3.71. The van der Waals surface area contributed by atoms with Gasteiger partial charge in [0.2, 0.25) is 0 Å². The van der Waals surface area contributed by atoms with Gasteiger partial charge in [-0.3, -0.25) is 4.79 Å². The molecule has 0 aromatic carbocycles. The highest BCUT2D eigenvalue weighted by molar-refractivity contribution is 6.05. The summed E-state index contributed by atoms with van der Waals surface area (Å²) >= 11 is 0. The number of aryl methyl sites for hydroxylation is 1. The van der Waals surface area contributed by atoms with Crippen molar-refractivity contribution >= 4 is 41.8 Å². The van der Waals surface area contributed by atoms with Crippen LogP contribution in [0, 0.1) is 12.8 Å². The molecule has 2 aromatic rings. The van der Waals surface area contributed by atoms with Gasteiger partial charge in [0.25, 0.3) is 5.91 Å². The van der Waals surface area contributed by atoms with E-state index in [1.807, 2.05) is 22.6 Å². The molecule has 0 saturated carbocycles. The SMILES string of the molecule is CCC(C)n1ncc2c(C(=O)N3CCC(C)CC3CN)cc(C)nc21.Cl.Cl. The van der Waals surface area contributed by atoms with Gasteiger partial charge in [0, 0.05) is 24.8 Å². The molecule has 152 valence electrons. The van der Waals surface area contributed by atoms with E-state index in [0.29, 0.717) is 18.0 Å². The number of nitrogens with zero attached hydrogens (tertiary/aromatic N) is 4. The number of hydrogen-bond acceptors (Lipinski definition) is 4. The summed E-state index contributed by atoms with van der Waals surface area (Å²) < 4.78 is 1.93. The first-order chi connectivity index (χ1) is 12.0. The predicted octanol–water partition coefficient (Wildman–Crippen LogP) is 3.75. The molecule has 3 heterocycles. The number of hydrogen-bond donors (Lipinski definition) is 1. The minimum atomic E-state index is 0. The van der Waals surface area contributed by atoms with Crippen molar-refractivity contribution in [1.82, 2.24) is 19.7 Å². The van der Waals surface area contributed by atoms with E-state index in [1.54, 1.807) is 6.20 Å². The molecule has 1 amide bonds. The Kier molecular flexibility index (Phi) is 8.51. The fraction of sp³-hybridized carbons (Fsp3) is 0.632. The van der Waals surface area contributed by atoms with E-state index in [2.05, 4.69) is 30.9 Å². The lowest BCUT2D eigenvalue weighted by atomic mass is 9.91. The van der Waals surface area contributed by atoms with E-state index >= 15 is 0 Å². The average Bonchev–Trinajstić information content (AvgIpc) is 3.03. The van der Waals surface area contributed by atoms with Crippen LogP contribution in [0.15, 0.2) is 12.3 Å². The van der Waals surface area contributed by atoms with Crippen LogP contribution in [0.2, 0.25) is 0 Å². The third kappa shape index (κ3) is 4.55. The predicted molar refractivity (Wildman–Crippen MR) is 114 cm³/mol. The van der Waals surface area contributed by atoms with Gasteiger partial charge in [0.1, 0.15) is 0 Å². The lowest BCUT2D eigenvalue weighted by molar-refractivity contribution is 0.0575. The van der Waals surface area contributed by atoms with E-state index in [0.717, 1.165) is 42.5 Å². The largest absolute Gasteiger partial charge is 0.334 e. The van der Waals surface area contributed by atoms with Crippen LogP contribution in [0.25, 0.3) is 11.0 Å². The van der Waals surface area contributed by atoms with Crippen LogP contribution in [-0.4, -0.2) is 44.7 Å². The number of pyridine rings is 1. The molecule has 0 aliphatic carbocycles. The molecule has 0 bridgehead atoms. The minimum Gasteiger partial charge on any atom is -0.334 e. The number of halogens is 2. The van der Waals surface area contributed by atoms with Crippen LogP contribution in [0.4, 0.5) is 0 Å². The first-order valence-electron chi connectivity index (χ1n) is 9.32. The second-order valence-electron chi connectivity index (χ2n) is 7.41. The molecule has 0 spiro atoms. The van der Waals surface area contributed by atoms with Crippen molar-refractivity contribution in [1.29, 1.82) is 0 Å². The van der Waals surface area contributed by atoms with Gasteiger partial charge in [-0.1, -0.05) is 13.8 Å². The molecule has 1 aliphatic heterocycles. The molecule has 27 heavy (non-hydrogen) atoms. The second kappa shape index (κ2) is 9.71. The second-order valence-corrected chi connectivity index (χ2v) is 7.41. The van der Waals surface area contributed by atoms with Crippen molar-refractivity contribution in [2.75, 3.05) is 13.1 Å². The summed E-state index contributed by atoms with van der Waals surface area (Å²) in [4.78, 5) is 19.9. The number of carbonyl (C=O) groups is 1. The summed E-state index contributed by atoms with van der Waals surface area (Å²) in [6, 6.07) is 2.26. The number of carbonyl (C=O) groups excluding carboxylic acids is 1. The number of rotatable bonds is 4. The van der Waals surface area contributed by atoms with E-state index in [1.165, 1.54) is 0 Å². The molecule has 2 aromatic heterocycles. The number of nitrogens with two attached hydrogens (primary N) is 1. The van der Waals surface area contributed by atoms with Crippen LogP contribution in [0.5, 0.6) is 0 Å². The first-order valence-corrected chi connectivity index (χ1v) is 9.32. The Hall–Kier alpha value is -1.37. The number of aromatic nitrogens is 3. The molecule has 6 nitrogen and oxygen atoms in total. The Bertz CT molecular complexity index is 779. The highest BCUT2D eigenvalue weighted by atomic mass is 35.5. The van der Waals surface area contributed by atoms with Crippen LogP contribution in [0.3, 0.4) is 0 Å². The number of piperidine rings is 1. The summed E-state index contributed by atoms with van der Waals surface area (Å²) in [7, 11) is 0. The summed E-state index contributed by atoms with van der Waals surface area (Å²) in [6.07, 6.45) is 4.75. The molecule has 0 radical (unpaired) electrons. The van der Waals surface area contributed by atoms with Gasteiger partial charge in [-0.2, -0.15) is 5.10 Å². The third-order valence-corrected chi connectivity index (χ3v) is 5.44. The van der Waals surface area contributed by atoms with Crippen molar-refractivity contribution in [3.8, 4) is 0 Å². The maximum Gasteiger partial charge on any atom is 0.255 e. The summed E-state index contributed by atoms with van der Waals surface area (Å²) in [5.41, 5.74) is 8.29. The Morgan fingerprint density at radius 1 is 1.41 bits per heavy atom. The summed E-state index contributed by atoms with van der Waals surface area (Å²) in [5.74, 6) is 0.673. The Balaban J connectivity index is 0.00000182. The Labute approximate surface area is 173 Å². The first kappa shape index (κ1) is 23.7. The third-order valence-electron chi connectivity index (χ3n) is 5.44. The highest BCUT2D eigenvalue weighted by Gasteiger charge is 2.31. The molecule has 8 heteroatoms. The molecule has 2 N–H and O–H groups in total. The normalized spacial score (nSPS) is 20.7. The lowest BCUT2D eigenvalue weighted by Crippen LogP contribution is -2.49. The Morgan fingerprint density at radius 3 is 2.74 bits per heavy atom. The highest BCUT2D eigenvalue weighted by Crippen LogP contribution is 2.27. The summed E-state index contributed by atoms with van der Waals surface area (Å²) in [6.45, 7) is 9.69. The average molecular weight is 416 g/mol. The zero-order chi connectivity index (χ0) is 18.1. The van der Waals surface area contributed by atoms with Crippen molar-refractivity contribution in [2.45, 2.75) is 59.0 Å². The van der Waals surface area contributed by atoms with Gasteiger partial charge in [0.05, 0.1) is 23.2 Å². The van der Waals surface area contributed by atoms with E-state index in [9.17, 15) is 4.79 Å². The van der Waals surface area contributed by atoms with E-state index in [4.69, 9.17) is 5.73 Å². The van der Waals surface area contributed by atoms with Crippen LogP contribution in [-0.2, 0) is 0 Å². The quantitative estimate of drug-likeness (QED) is 0.824. The molecule has 1 aliphatic rings. The van der Waals surface area contributed by atoms with Crippen LogP contribution >= 0.6 is 24.8 Å². The van der Waals surface area contributed by atoms with Crippen molar-refractivity contribution in [3.05, 3.63) is 23.5 Å². The smallest absolute Gasteiger partial charge is 0.255 e. The fourth-order valence-electron chi connectivity index (χ4n) is 3.71. The van der Waals surface area contributed by atoms with Gasteiger partial charge in [-0.25, -0.2) is 9.67 Å². The standard InChI is InChI=1S/C19H29N5O.2ClH/c1-5-14(4)24-18-17(11-21-24)16(9-13(3)22-18)19(25)23-7-6-12(2)8-15(23)10-20;;/h9,11-12,14-15H,5-8,10,20H2,1-4H3;2*1H. The monoisotopic (exact) mass is 415 g/mol. The van der Waals surface area contributed by atoms with Crippen LogP contribution in [0.1, 0.15) is 62.1 Å². The number of likely N-dealkylation sites (tertiary alicyclic amines) is 1. The lowest BCUT2D eigenvalue weighted by Gasteiger charge is -2.38. The molecular weight excluding hydrogens is 385 g/mol. The van der Waals surface area contributed by atoms with E-state index < -0.39 is 0 Å². The Morgan fingerprint density at radius 2 is 2.11 bits per heavy atom. The molecule has 3 rings (SSSR count). The van der Waals surface area contributed by atoms with Crippen LogP contribution < -0.4 is 5.73 Å². The minimum absolute atomic E-state index is 0. The van der Waals surface area contributed by atoms with Gasteiger partial charge >= 0.3 is 0 Å². The zero-order valence-corrected chi connectivity index (χ0v) is 18.1. The van der Waals surface area contributed by atoms with Crippen molar-refractivity contribution in [2.24, 2.45) is 11.7 Å². The summed E-state index contributed by atoms with van der Waals surface area (Å²) in [5, 5.41) is 5.34. The zero-order valence-electron chi connectivity index (χ0n) is 16.5. The molecule has 1 saturated heterocycles. The maximum absolute atomic E-state index is 13.3. The number of amides is 1. The molecule has 3 atom stereocenters. The van der Waals surface area contributed by atoms with Gasteiger partial charge in [-0.15, -0.1) is 24.8 Å². The molecule has 3 unspecified atom stereocenters. The van der Waals surface area contributed by atoms with Gasteiger partial charge in [0.15, 0.2) is 5.65 Å². The molecule has 1 fully saturated rings. The van der Waals surface area contributed by atoms with E-state index in [-0.39, 0.29) is 42.8 Å². The number of fused-ring (bicyclic) bond motifs is 1. The van der Waals surface area contributed by atoms with Crippen molar-refractivity contribution < 1.29 is 4.79 Å². The van der Waals surface area contributed by atoms with Gasteiger partial charge in [-0.05, 0) is 45.1 Å². The topological polar surface area (TPSA) is 77.0 Å². The van der Waals surface area contributed by atoms with Gasteiger partial charge < -0.3 is 10.6 Å². The molecular formula is C19H31Cl2N5O. The maximum atomic E-state index is 13.3.